The molecule has 0 aliphatic carbocycles. The Morgan fingerprint density at radius 3 is 2.11 bits per heavy atom. The number of hydrogen-bond donors (Lipinski definition) is 2. The smallest absolute Gasteiger partial charge is 0.261 e. The van der Waals surface area contributed by atoms with Crippen molar-refractivity contribution in [2.75, 3.05) is 11.4 Å². The SMILES string of the molecule is CCC(C)(C)NC(=O)[C@@H](c1ccc(C)cc1)N(C(=O)CNC(=O)c1cccs1)c1c(C)cc(C)cc1C. The van der Waals surface area contributed by atoms with Crippen LogP contribution in [0.4, 0.5) is 5.69 Å². The van der Waals surface area contributed by atoms with Gasteiger partial charge in [0, 0.05) is 5.54 Å². The van der Waals surface area contributed by atoms with E-state index >= 15 is 0 Å². The minimum Gasteiger partial charge on any atom is -0.349 e. The summed E-state index contributed by atoms with van der Waals surface area (Å²) < 4.78 is 0. The highest BCUT2D eigenvalue weighted by molar-refractivity contribution is 7.12. The van der Waals surface area contributed by atoms with Crippen LogP contribution in [0.15, 0.2) is 53.9 Å². The zero-order valence-corrected chi connectivity index (χ0v) is 23.6. The van der Waals surface area contributed by atoms with Crippen molar-refractivity contribution in [1.82, 2.24) is 10.6 Å². The Labute approximate surface area is 224 Å². The molecule has 1 heterocycles. The van der Waals surface area contributed by atoms with E-state index in [0.29, 0.717) is 16.1 Å². The molecule has 0 fully saturated rings. The number of amides is 3. The zero-order valence-electron chi connectivity index (χ0n) is 22.8. The quantitative estimate of drug-likeness (QED) is 0.376. The number of rotatable bonds is 9. The van der Waals surface area contributed by atoms with E-state index in [9.17, 15) is 14.4 Å². The van der Waals surface area contributed by atoms with Crippen LogP contribution in [-0.2, 0) is 9.59 Å². The summed E-state index contributed by atoms with van der Waals surface area (Å²) in [4.78, 5) is 42.6. The molecule has 7 heteroatoms. The highest BCUT2D eigenvalue weighted by Gasteiger charge is 2.36. The number of thiophene rings is 1. The van der Waals surface area contributed by atoms with Crippen LogP contribution in [0, 0.1) is 27.7 Å². The van der Waals surface area contributed by atoms with E-state index in [4.69, 9.17) is 0 Å². The van der Waals surface area contributed by atoms with E-state index in [1.54, 1.807) is 17.0 Å². The number of nitrogens with zero attached hydrogens (tertiary/aromatic N) is 1. The maximum atomic E-state index is 14.0. The molecular weight excluding hydrogens is 482 g/mol. The lowest BCUT2D eigenvalue weighted by Gasteiger charge is -2.36. The van der Waals surface area contributed by atoms with Crippen molar-refractivity contribution in [3.8, 4) is 0 Å². The van der Waals surface area contributed by atoms with Crippen molar-refractivity contribution in [3.05, 3.63) is 86.6 Å². The van der Waals surface area contributed by atoms with Crippen LogP contribution in [0.1, 0.15) is 70.7 Å². The van der Waals surface area contributed by atoms with Crippen molar-refractivity contribution in [2.24, 2.45) is 0 Å². The standard InChI is InChI=1S/C30H37N3O3S/c1-8-30(6,7)32-29(36)27(23-13-11-19(2)12-14-23)33(26-21(4)16-20(3)17-22(26)5)25(34)18-31-28(35)24-10-9-15-37-24/h9-17,27H,8,18H2,1-7H3,(H,31,35)(H,32,36)/t27-/m1/s1. The predicted octanol–water partition coefficient (Wildman–Crippen LogP) is 5.79. The molecule has 0 bridgehead atoms. The maximum Gasteiger partial charge on any atom is 0.261 e. The Morgan fingerprint density at radius 2 is 1.57 bits per heavy atom. The van der Waals surface area contributed by atoms with Crippen LogP contribution < -0.4 is 15.5 Å². The van der Waals surface area contributed by atoms with Crippen molar-refractivity contribution >= 4 is 34.7 Å². The summed E-state index contributed by atoms with van der Waals surface area (Å²) in [5, 5.41) is 7.71. The van der Waals surface area contributed by atoms with Gasteiger partial charge in [-0.25, -0.2) is 0 Å². The summed E-state index contributed by atoms with van der Waals surface area (Å²) in [6, 6.07) is 14.3. The van der Waals surface area contributed by atoms with Gasteiger partial charge in [-0.15, -0.1) is 11.3 Å². The minimum atomic E-state index is -0.919. The third kappa shape index (κ3) is 6.86. The van der Waals surface area contributed by atoms with E-state index in [1.165, 1.54) is 11.3 Å². The summed E-state index contributed by atoms with van der Waals surface area (Å²) in [7, 11) is 0. The van der Waals surface area contributed by atoms with Gasteiger partial charge in [-0.3, -0.25) is 19.3 Å². The summed E-state index contributed by atoms with van der Waals surface area (Å²) >= 11 is 1.31. The number of carbonyl (C=O) groups excluding carboxylic acids is 3. The first-order valence-corrected chi connectivity index (χ1v) is 13.4. The number of aryl methyl sites for hydroxylation is 4. The number of carbonyl (C=O) groups is 3. The van der Waals surface area contributed by atoms with E-state index < -0.39 is 11.6 Å². The van der Waals surface area contributed by atoms with Crippen LogP contribution in [-0.4, -0.2) is 29.8 Å². The Balaban J connectivity index is 2.12. The van der Waals surface area contributed by atoms with Crippen LogP contribution in [0.3, 0.4) is 0 Å². The minimum absolute atomic E-state index is 0.240. The fraction of sp³-hybridized carbons (Fsp3) is 0.367. The molecule has 0 aliphatic rings. The second-order valence-electron chi connectivity index (χ2n) is 10.2. The first-order valence-electron chi connectivity index (χ1n) is 12.5. The molecule has 2 N–H and O–H groups in total. The zero-order chi connectivity index (χ0) is 27.3. The molecule has 3 rings (SSSR count). The fourth-order valence-electron chi connectivity index (χ4n) is 4.34. The normalized spacial score (nSPS) is 12.1. The van der Waals surface area contributed by atoms with Gasteiger partial charge in [0.1, 0.15) is 6.04 Å². The third-order valence-electron chi connectivity index (χ3n) is 6.54. The van der Waals surface area contributed by atoms with Gasteiger partial charge in [0.05, 0.1) is 17.1 Å². The first-order chi connectivity index (χ1) is 17.4. The van der Waals surface area contributed by atoms with Gasteiger partial charge in [-0.2, -0.15) is 0 Å². The maximum absolute atomic E-state index is 14.0. The summed E-state index contributed by atoms with van der Waals surface area (Å²) in [5.41, 5.74) is 4.81. The second-order valence-corrected chi connectivity index (χ2v) is 11.2. The van der Waals surface area contributed by atoms with Crippen LogP contribution in [0.2, 0.25) is 0 Å². The average molecular weight is 520 g/mol. The molecule has 6 nitrogen and oxygen atoms in total. The summed E-state index contributed by atoms with van der Waals surface area (Å²) in [6.45, 7) is 13.6. The molecule has 0 unspecified atom stereocenters. The van der Waals surface area contributed by atoms with E-state index in [1.807, 2.05) is 90.2 Å². The van der Waals surface area contributed by atoms with Gasteiger partial charge in [0.25, 0.3) is 5.91 Å². The molecule has 0 aliphatic heterocycles. The summed E-state index contributed by atoms with van der Waals surface area (Å²) in [6.07, 6.45) is 0.729. The van der Waals surface area contributed by atoms with Gasteiger partial charge >= 0.3 is 0 Å². The van der Waals surface area contributed by atoms with Crippen molar-refractivity contribution in [2.45, 2.75) is 66.5 Å². The van der Waals surface area contributed by atoms with E-state index in [0.717, 1.165) is 28.7 Å². The molecule has 196 valence electrons. The van der Waals surface area contributed by atoms with Gasteiger partial charge in [0.15, 0.2) is 0 Å². The lowest BCUT2D eigenvalue weighted by atomic mass is 9.96. The first kappa shape index (κ1) is 28.1. The molecule has 1 atom stereocenters. The van der Waals surface area contributed by atoms with E-state index in [2.05, 4.69) is 10.6 Å². The Hall–Kier alpha value is -3.45. The second kappa shape index (κ2) is 11.7. The highest BCUT2D eigenvalue weighted by Crippen LogP contribution is 2.34. The molecule has 37 heavy (non-hydrogen) atoms. The lowest BCUT2D eigenvalue weighted by Crippen LogP contribution is -2.52. The third-order valence-corrected chi connectivity index (χ3v) is 7.40. The molecule has 0 saturated carbocycles. The summed E-state index contributed by atoms with van der Waals surface area (Å²) in [5.74, 6) is -0.952. The van der Waals surface area contributed by atoms with Crippen LogP contribution in [0.5, 0.6) is 0 Å². The predicted molar refractivity (Wildman–Crippen MR) is 151 cm³/mol. The van der Waals surface area contributed by atoms with Crippen LogP contribution in [0.25, 0.3) is 0 Å². The molecular formula is C30H37N3O3S. The van der Waals surface area contributed by atoms with Gasteiger partial charge in [0.2, 0.25) is 11.8 Å². The highest BCUT2D eigenvalue weighted by atomic mass is 32.1. The Morgan fingerprint density at radius 1 is 0.946 bits per heavy atom. The molecule has 0 saturated heterocycles. The Kier molecular flexibility index (Phi) is 8.92. The van der Waals surface area contributed by atoms with Gasteiger partial charge in [-0.05, 0) is 76.1 Å². The molecule has 0 spiro atoms. The Bertz CT molecular complexity index is 1240. The van der Waals surface area contributed by atoms with Gasteiger partial charge < -0.3 is 10.6 Å². The monoisotopic (exact) mass is 519 g/mol. The molecule has 3 amide bonds. The molecule has 0 radical (unpaired) electrons. The van der Waals surface area contributed by atoms with Crippen molar-refractivity contribution < 1.29 is 14.4 Å². The van der Waals surface area contributed by atoms with Gasteiger partial charge in [-0.1, -0.05) is 60.5 Å². The molecule has 3 aromatic rings. The molecule has 1 aromatic heterocycles. The number of benzene rings is 2. The topological polar surface area (TPSA) is 78.5 Å². The van der Waals surface area contributed by atoms with Crippen molar-refractivity contribution in [3.63, 3.8) is 0 Å². The molecule has 2 aromatic carbocycles. The number of hydrogen-bond acceptors (Lipinski definition) is 4. The van der Waals surface area contributed by atoms with Crippen molar-refractivity contribution in [1.29, 1.82) is 0 Å². The van der Waals surface area contributed by atoms with Crippen LogP contribution >= 0.6 is 11.3 Å². The largest absolute Gasteiger partial charge is 0.349 e. The van der Waals surface area contributed by atoms with E-state index in [-0.39, 0.29) is 24.3 Å². The average Bonchev–Trinajstić information content (AvgIpc) is 3.37. The number of anilines is 1. The fourth-order valence-corrected chi connectivity index (χ4v) is 4.98. The lowest BCUT2D eigenvalue weighted by molar-refractivity contribution is -0.127. The number of nitrogens with one attached hydrogen (secondary N) is 2.